The quantitative estimate of drug-likeness (QED) is 0.207. The number of carboxylic acid groups (broad SMARTS) is 1. The van der Waals surface area contributed by atoms with E-state index in [9.17, 15) is 24.9 Å². The number of carbonyl (C=O) groups is 1. The normalized spacial score (nSPS) is 15.7. The standard InChI is InChI=1S/C26H27FN4O5S/c1-26(2)8-6-15(7-9-26)16-4-5-18(17(10-16)13-28)24-29-23(14-37-24)31(34,35)30-21-12-20(27)19(25(32)33)11-22(21)36-3/h4-5,10-12,14-15,30,34-35H,6-9H2,1-3H3/p+1. The zero-order valence-electron chi connectivity index (χ0n) is 20.7. The maximum Gasteiger partial charge on any atom is 0.338 e. The van der Waals surface area contributed by atoms with Gasteiger partial charge in [0.05, 0.1) is 29.7 Å². The Morgan fingerprint density at radius 3 is 2.59 bits per heavy atom. The van der Waals surface area contributed by atoms with Crippen LogP contribution in [0.4, 0.5) is 15.9 Å². The van der Waals surface area contributed by atoms with Crippen LogP contribution in [0.1, 0.15) is 66.9 Å². The van der Waals surface area contributed by atoms with Crippen LogP contribution in [0.5, 0.6) is 5.75 Å². The van der Waals surface area contributed by atoms with Crippen molar-refractivity contribution < 1.29 is 29.4 Å². The highest BCUT2D eigenvalue weighted by Crippen LogP contribution is 2.43. The molecule has 3 aromatic rings. The minimum atomic E-state index is -1.96. The topological polar surface area (TPSA) is 136 Å². The number of hydrogen-bond acceptors (Lipinski definition) is 8. The summed E-state index contributed by atoms with van der Waals surface area (Å²) in [6.07, 6.45) is 4.39. The van der Waals surface area contributed by atoms with E-state index in [0.29, 0.717) is 27.5 Å². The van der Waals surface area contributed by atoms with E-state index in [1.165, 1.54) is 12.5 Å². The number of hydrogen-bond donors (Lipinski definition) is 4. The third-order valence-corrected chi connectivity index (χ3v) is 7.68. The third kappa shape index (κ3) is 5.57. The summed E-state index contributed by atoms with van der Waals surface area (Å²) >= 11 is 1.11. The minimum absolute atomic E-state index is 0.117. The molecule has 2 aromatic carbocycles. The molecule has 1 heterocycles. The number of methoxy groups -OCH3 is 1. The highest BCUT2D eigenvalue weighted by atomic mass is 32.1. The molecule has 194 valence electrons. The molecule has 1 aliphatic carbocycles. The van der Waals surface area contributed by atoms with E-state index in [-0.39, 0.29) is 17.3 Å². The second kappa shape index (κ2) is 10.1. The molecule has 4 N–H and O–H groups in total. The van der Waals surface area contributed by atoms with Gasteiger partial charge in [-0.3, -0.25) is 0 Å². The second-order valence-corrected chi connectivity index (χ2v) is 10.8. The number of thiazole rings is 1. The molecule has 0 bridgehead atoms. The van der Waals surface area contributed by atoms with Gasteiger partial charge in [0.2, 0.25) is 0 Å². The fraction of sp³-hybridized carbons (Fsp3) is 0.346. The Bertz CT molecular complexity index is 1370. The van der Waals surface area contributed by atoms with Gasteiger partial charge in [-0.1, -0.05) is 26.0 Å². The number of halogens is 1. The van der Waals surface area contributed by atoms with Gasteiger partial charge < -0.3 is 9.84 Å². The number of anilines is 1. The molecule has 1 aromatic heterocycles. The van der Waals surface area contributed by atoms with E-state index in [0.717, 1.165) is 54.7 Å². The predicted octanol–water partition coefficient (Wildman–Crippen LogP) is 6.32. The molecule has 0 unspecified atom stereocenters. The molecule has 0 saturated heterocycles. The van der Waals surface area contributed by atoms with E-state index >= 15 is 0 Å². The van der Waals surface area contributed by atoms with Crippen molar-refractivity contribution in [1.82, 2.24) is 9.90 Å². The average Bonchev–Trinajstić information content (AvgIpc) is 3.34. The Balaban J connectivity index is 1.59. The van der Waals surface area contributed by atoms with E-state index in [2.05, 4.69) is 30.3 Å². The van der Waals surface area contributed by atoms with Gasteiger partial charge >= 0.3 is 11.8 Å². The fourth-order valence-electron chi connectivity index (χ4n) is 4.56. The molecule has 0 atom stereocenters. The third-order valence-electron chi connectivity index (χ3n) is 6.81. The molecular formula is C26H28FN4O5S+. The summed E-state index contributed by atoms with van der Waals surface area (Å²) in [4.78, 5) is 13.5. The summed E-state index contributed by atoms with van der Waals surface area (Å²) in [5, 5.41) is 42.0. The van der Waals surface area contributed by atoms with E-state index in [1.54, 1.807) is 0 Å². The van der Waals surface area contributed by atoms with Crippen molar-refractivity contribution in [3.63, 3.8) is 0 Å². The molecule has 37 heavy (non-hydrogen) atoms. The zero-order valence-corrected chi connectivity index (χ0v) is 21.5. The van der Waals surface area contributed by atoms with Gasteiger partial charge in [0.1, 0.15) is 27.2 Å². The van der Waals surface area contributed by atoms with Gasteiger partial charge in [-0.05, 0) is 54.7 Å². The first kappa shape index (κ1) is 26.5. The Labute approximate surface area is 217 Å². The average molecular weight is 528 g/mol. The summed E-state index contributed by atoms with van der Waals surface area (Å²) in [7, 11) is 1.23. The monoisotopic (exact) mass is 527 g/mol. The van der Waals surface area contributed by atoms with Crippen LogP contribution < -0.4 is 15.1 Å². The first-order chi connectivity index (χ1) is 17.4. The molecule has 1 fully saturated rings. The number of nitrogens with zero attached hydrogens (tertiary/aromatic N) is 3. The van der Waals surface area contributed by atoms with E-state index in [4.69, 9.17) is 9.84 Å². The molecule has 0 aliphatic heterocycles. The molecule has 4 rings (SSSR count). The molecule has 11 heteroatoms. The SMILES string of the molecule is COc1cc(C(=O)O)c(F)cc1N[N+](O)(O)c1csc(-c2ccc(C3CCC(C)(C)CC3)cc2C#N)n1. The minimum Gasteiger partial charge on any atom is -0.494 e. The van der Waals surface area contributed by atoms with Crippen LogP contribution in [0.25, 0.3) is 10.6 Å². The lowest BCUT2D eigenvalue weighted by Crippen LogP contribution is -2.48. The first-order valence-corrected chi connectivity index (χ1v) is 12.6. The largest absolute Gasteiger partial charge is 0.494 e. The smallest absolute Gasteiger partial charge is 0.338 e. The number of nitriles is 1. The van der Waals surface area contributed by atoms with Gasteiger partial charge in [0, 0.05) is 11.6 Å². The molecular weight excluding hydrogens is 499 g/mol. The van der Waals surface area contributed by atoms with Crippen molar-refractivity contribution in [1.29, 1.82) is 5.26 Å². The Morgan fingerprint density at radius 1 is 1.27 bits per heavy atom. The lowest BCUT2D eigenvalue weighted by atomic mass is 9.71. The number of rotatable bonds is 7. The highest BCUT2D eigenvalue weighted by Gasteiger charge is 2.34. The van der Waals surface area contributed by atoms with Crippen LogP contribution in [-0.2, 0) is 0 Å². The number of aromatic carboxylic acids is 1. The van der Waals surface area contributed by atoms with Crippen molar-refractivity contribution in [3.05, 3.63) is 58.2 Å². The van der Waals surface area contributed by atoms with Crippen molar-refractivity contribution >= 4 is 28.8 Å². The summed E-state index contributed by atoms with van der Waals surface area (Å²) in [6.45, 7) is 4.56. The molecule has 0 amide bonds. The Morgan fingerprint density at radius 2 is 1.97 bits per heavy atom. The summed E-state index contributed by atoms with van der Waals surface area (Å²) in [6, 6.07) is 9.65. The van der Waals surface area contributed by atoms with Crippen LogP contribution in [-0.4, -0.2) is 33.6 Å². The summed E-state index contributed by atoms with van der Waals surface area (Å²) in [5.41, 5.74) is 3.91. The number of aromatic nitrogens is 1. The van der Waals surface area contributed by atoms with Crippen LogP contribution in [0.3, 0.4) is 0 Å². The van der Waals surface area contributed by atoms with Crippen molar-refractivity contribution in [2.24, 2.45) is 5.41 Å². The van der Waals surface area contributed by atoms with Crippen molar-refractivity contribution in [2.45, 2.75) is 45.4 Å². The van der Waals surface area contributed by atoms with Gasteiger partial charge in [-0.15, -0.1) is 21.8 Å². The maximum atomic E-state index is 14.2. The van der Waals surface area contributed by atoms with Crippen LogP contribution in [0.2, 0.25) is 0 Å². The van der Waals surface area contributed by atoms with E-state index in [1.807, 2.05) is 18.2 Å². The van der Waals surface area contributed by atoms with Crippen LogP contribution in [0, 0.1) is 22.6 Å². The highest BCUT2D eigenvalue weighted by molar-refractivity contribution is 7.13. The van der Waals surface area contributed by atoms with Gasteiger partial charge in [0.15, 0.2) is 0 Å². The van der Waals surface area contributed by atoms with E-state index < -0.39 is 22.3 Å². The van der Waals surface area contributed by atoms with Crippen LogP contribution in [0.15, 0.2) is 35.7 Å². The molecule has 0 radical (unpaired) electrons. The second-order valence-electron chi connectivity index (χ2n) is 9.92. The zero-order chi connectivity index (χ0) is 27.0. The first-order valence-electron chi connectivity index (χ1n) is 11.7. The predicted molar refractivity (Wildman–Crippen MR) is 136 cm³/mol. The van der Waals surface area contributed by atoms with Crippen LogP contribution >= 0.6 is 11.3 Å². The molecule has 9 nitrogen and oxygen atoms in total. The van der Waals surface area contributed by atoms with Gasteiger partial charge in [-0.25, -0.2) is 9.18 Å². The number of benzene rings is 2. The Kier molecular flexibility index (Phi) is 7.21. The maximum absolute atomic E-state index is 14.2. The van der Waals surface area contributed by atoms with Gasteiger partial charge in [0.25, 0.3) is 0 Å². The molecule has 1 aliphatic rings. The molecule has 0 spiro atoms. The van der Waals surface area contributed by atoms with Gasteiger partial charge in [-0.2, -0.15) is 15.7 Å². The number of nitrogens with one attached hydrogen (secondary N) is 1. The number of ether oxygens (including phenoxy) is 1. The van der Waals surface area contributed by atoms with Crippen molar-refractivity contribution in [3.8, 4) is 22.4 Å². The fourth-order valence-corrected chi connectivity index (χ4v) is 5.43. The molecule has 1 saturated carbocycles. The summed E-state index contributed by atoms with van der Waals surface area (Å²) < 4.78 is 19.3. The Hall–Kier alpha value is -3.56. The van der Waals surface area contributed by atoms with Crippen molar-refractivity contribution in [2.75, 3.05) is 12.5 Å². The number of carboxylic acids is 1. The lowest BCUT2D eigenvalue weighted by Gasteiger charge is -2.34. The summed E-state index contributed by atoms with van der Waals surface area (Å²) in [5.74, 6) is -2.55. The number of quaternary nitrogens is 1. The lowest BCUT2D eigenvalue weighted by molar-refractivity contribution is -0.274.